The molecule has 1 unspecified atom stereocenters. The lowest BCUT2D eigenvalue weighted by Crippen LogP contribution is -2.67. The van der Waals surface area contributed by atoms with Crippen molar-refractivity contribution in [2.24, 2.45) is 11.7 Å². The first-order chi connectivity index (χ1) is 9.15. The second kappa shape index (κ2) is 5.12. The Labute approximate surface area is 117 Å². The molecule has 1 amide bonds. The zero-order valence-corrected chi connectivity index (χ0v) is 11.4. The molecule has 1 aromatic rings. The van der Waals surface area contributed by atoms with Crippen molar-refractivity contribution < 1.29 is 4.79 Å². The lowest BCUT2D eigenvalue weighted by atomic mass is 9.82. The maximum absolute atomic E-state index is 12.2. The summed E-state index contributed by atoms with van der Waals surface area (Å²) in [6.07, 6.45) is 2.24. The minimum Gasteiger partial charge on any atom is -0.335 e. The largest absolute Gasteiger partial charge is 0.335 e. The van der Waals surface area contributed by atoms with Gasteiger partial charge in [-0.1, -0.05) is 17.7 Å². The van der Waals surface area contributed by atoms with Gasteiger partial charge in [0.05, 0.1) is 6.17 Å². The first-order valence-corrected chi connectivity index (χ1v) is 7.09. The summed E-state index contributed by atoms with van der Waals surface area (Å²) in [5.74, 6) is 0.435. The molecule has 2 atom stereocenters. The summed E-state index contributed by atoms with van der Waals surface area (Å²) in [5.41, 5.74) is 6.82. The summed E-state index contributed by atoms with van der Waals surface area (Å²) in [5, 5.41) is 3.62. The summed E-state index contributed by atoms with van der Waals surface area (Å²) in [6, 6.07) is 7.02. The molecule has 2 bridgehead atoms. The van der Waals surface area contributed by atoms with Crippen LogP contribution in [0.15, 0.2) is 24.3 Å². The Hall–Kier alpha value is -1.10. The second-order valence-electron chi connectivity index (χ2n) is 5.38. The number of hydrogen-bond acceptors (Lipinski definition) is 3. The monoisotopic (exact) mass is 279 g/mol. The number of nitrogens with two attached hydrogens (primary N) is 1. The van der Waals surface area contributed by atoms with Crippen LogP contribution in [-0.2, 0) is 0 Å². The third-order valence-corrected chi connectivity index (χ3v) is 4.48. The Morgan fingerprint density at radius 3 is 2.74 bits per heavy atom. The van der Waals surface area contributed by atoms with Gasteiger partial charge in [0.15, 0.2) is 0 Å². The highest BCUT2D eigenvalue weighted by atomic mass is 35.5. The molecule has 0 aromatic heterocycles. The van der Waals surface area contributed by atoms with Crippen molar-refractivity contribution in [2.75, 3.05) is 13.1 Å². The highest BCUT2D eigenvalue weighted by Crippen LogP contribution is 2.30. The third-order valence-electron chi connectivity index (χ3n) is 4.24. The quantitative estimate of drug-likeness (QED) is 0.861. The summed E-state index contributed by atoms with van der Waals surface area (Å²) >= 11 is 5.91. The fraction of sp³-hybridized carbons (Fsp3) is 0.500. The first-order valence-electron chi connectivity index (χ1n) is 6.71. The lowest BCUT2D eigenvalue weighted by Gasteiger charge is -2.49. The minimum atomic E-state index is -0.101. The lowest BCUT2D eigenvalue weighted by molar-refractivity contribution is 0.0115. The van der Waals surface area contributed by atoms with E-state index in [4.69, 9.17) is 17.3 Å². The number of piperidine rings is 3. The van der Waals surface area contributed by atoms with E-state index in [0.29, 0.717) is 16.5 Å². The zero-order valence-electron chi connectivity index (χ0n) is 10.7. The maximum Gasteiger partial charge on any atom is 0.252 e. The van der Waals surface area contributed by atoms with Crippen LogP contribution in [0.3, 0.4) is 0 Å². The summed E-state index contributed by atoms with van der Waals surface area (Å²) in [7, 11) is 0. The molecule has 4 rings (SSSR count). The van der Waals surface area contributed by atoms with E-state index in [1.165, 1.54) is 0 Å². The number of nitrogens with one attached hydrogen (secondary N) is 1. The molecule has 3 aliphatic rings. The van der Waals surface area contributed by atoms with Crippen LogP contribution in [0.2, 0.25) is 5.02 Å². The summed E-state index contributed by atoms with van der Waals surface area (Å²) < 4.78 is 0. The summed E-state index contributed by atoms with van der Waals surface area (Å²) in [6.45, 7) is 2.05. The third kappa shape index (κ3) is 2.48. The smallest absolute Gasteiger partial charge is 0.252 e. The number of fused-ring (bicyclic) bond motifs is 3. The zero-order chi connectivity index (χ0) is 13.4. The number of benzene rings is 1. The van der Waals surface area contributed by atoms with Crippen LogP contribution in [0.1, 0.15) is 23.2 Å². The van der Waals surface area contributed by atoms with Crippen molar-refractivity contribution in [1.29, 1.82) is 0 Å². The molecular formula is C14H18ClN3O. The number of halogens is 1. The van der Waals surface area contributed by atoms with E-state index in [1.54, 1.807) is 24.3 Å². The number of nitrogens with zero attached hydrogens (tertiary/aromatic N) is 1. The van der Waals surface area contributed by atoms with Gasteiger partial charge in [-0.15, -0.1) is 0 Å². The topological polar surface area (TPSA) is 58.4 Å². The van der Waals surface area contributed by atoms with Crippen LogP contribution >= 0.6 is 11.6 Å². The van der Waals surface area contributed by atoms with Crippen LogP contribution in [-0.4, -0.2) is 36.1 Å². The molecule has 0 aliphatic carbocycles. The number of carbonyl (C=O) groups is 1. The van der Waals surface area contributed by atoms with Gasteiger partial charge in [0.25, 0.3) is 5.91 Å². The maximum atomic E-state index is 12.2. The van der Waals surface area contributed by atoms with Crippen molar-refractivity contribution in [2.45, 2.75) is 25.0 Å². The van der Waals surface area contributed by atoms with Gasteiger partial charge in [-0.05, 0) is 37.0 Å². The van der Waals surface area contributed by atoms with Gasteiger partial charge in [0.2, 0.25) is 0 Å². The summed E-state index contributed by atoms with van der Waals surface area (Å²) in [4.78, 5) is 14.5. The molecule has 3 aliphatic heterocycles. The number of rotatable bonds is 2. The average molecular weight is 280 g/mol. The van der Waals surface area contributed by atoms with E-state index >= 15 is 0 Å². The highest BCUT2D eigenvalue weighted by molar-refractivity contribution is 6.30. The van der Waals surface area contributed by atoms with Crippen molar-refractivity contribution >= 4 is 17.5 Å². The fourth-order valence-corrected chi connectivity index (χ4v) is 3.31. The molecule has 3 fully saturated rings. The molecule has 1 aromatic carbocycles. The molecule has 3 heterocycles. The SMILES string of the molecule is NC1C2CCN(CC2)[C@@H]1NC(=O)c1cccc(Cl)c1. The molecule has 3 N–H and O–H groups in total. The van der Waals surface area contributed by atoms with E-state index in [0.717, 1.165) is 25.9 Å². The molecule has 3 saturated heterocycles. The minimum absolute atomic E-state index is 0.0330. The number of amides is 1. The first kappa shape index (κ1) is 12.9. The van der Waals surface area contributed by atoms with E-state index in [2.05, 4.69) is 10.2 Å². The van der Waals surface area contributed by atoms with Gasteiger partial charge in [0, 0.05) is 29.7 Å². The van der Waals surface area contributed by atoms with E-state index in [1.807, 2.05) is 0 Å². The van der Waals surface area contributed by atoms with Gasteiger partial charge in [0.1, 0.15) is 0 Å². The molecule has 0 radical (unpaired) electrons. The fourth-order valence-electron chi connectivity index (χ4n) is 3.12. The molecule has 0 spiro atoms. The molecule has 4 nitrogen and oxygen atoms in total. The average Bonchev–Trinajstić information content (AvgIpc) is 2.43. The Morgan fingerprint density at radius 2 is 2.11 bits per heavy atom. The van der Waals surface area contributed by atoms with E-state index < -0.39 is 0 Å². The van der Waals surface area contributed by atoms with E-state index in [-0.39, 0.29) is 18.1 Å². The van der Waals surface area contributed by atoms with Gasteiger partial charge >= 0.3 is 0 Å². The van der Waals surface area contributed by atoms with Crippen molar-refractivity contribution in [3.8, 4) is 0 Å². The standard InChI is InChI=1S/C14H18ClN3O/c15-11-3-1-2-10(8-11)14(19)17-13-12(16)9-4-6-18(13)7-5-9/h1-3,8-9,12-13H,4-7,16H2,(H,17,19)/t12?,13-/m0/s1. The Balaban J connectivity index is 1.73. The molecule has 0 saturated carbocycles. The van der Waals surface area contributed by atoms with Gasteiger partial charge < -0.3 is 11.1 Å². The predicted molar refractivity (Wildman–Crippen MR) is 75.0 cm³/mol. The number of hydrogen-bond donors (Lipinski definition) is 2. The van der Waals surface area contributed by atoms with Gasteiger partial charge in [-0.2, -0.15) is 0 Å². The molecule has 19 heavy (non-hydrogen) atoms. The molecular weight excluding hydrogens is 262 g/mol. The molecule has 102 valence electrons. The van der Waals surface area contributed by atoms with Crippen LogP contribution < -0.4 is 11.1 Å². The van der Waals surface area contributed by atoms with Gasteiger partial charge in [-0.3, -0.25) is 9.69 Å². The van der Waals surface area contributed by atoms with Crippen LogP contribution in [0.25, 0.3) is 0 Å². The van der Waals surface area contributed by atoms with Crippen LogP contribution in [0, 0.1) is 5.92 Å². The van der Waals surface area contributed by atoms with Crippen LogP contribution in [0.4, 0.5) is 0 Å². The number of carbonyl (C=O) groups excluding carboxylic acids is 1. The normalized spacial score (nSPS) is 33.2. The van der Waals surface area contributed by atoms with Crippen molar-refractivity contribution in [3.05, 3.63) is 34.9 Å². The Morgan fingerprint density at radius 1 is 1.37 bits per heavy atom. The Kier molecular flexibility index (Phi) is 3.48. The van der Waals surface area contributed by atoms with Crippen molar-refractivity contribution in [1.82, 2.24) is 10.2 Å². The predicted octanol–water partition coefficient (Wildman–Crippen LogP) is 1.45. The molecule has 5 heteroatoms. The van der Waals surface area contributed by atoms with Crippen LogP contribution in [0.5, 0.6) is 0 Å². The second-order valence-corrected chi connectivity index (χ2v) is 5.82. The van der Waals surface area contributed by atoms with Crippen molar-refractivity contribution in [3.63, 3.8) is 0 Å². The highest BCUT2D eigenvalue weighted by Gasteiger charge is 2.40. The van der Waals surface area contributed by atoms with Gasteiger partial charge in [-0.25, -0.2) is 0 Å². The van der Waals surface area contributed by atoms with E-state index in [9.17, 15) is 4.79 Å². The Bertz CT molecular complexity index is 483.